The molecule has 5 heteroatoms. The molecule has 19 heavy (non-hydrogen) atoms. The summed E-state index contributed by atoms with van der Waals surface area (Å²) in [5, 5.41) is 4.00. The third-order valence-corrected chi connectivity index (χ3v) is 2.94. The highest BCUT2D eigenvalue weighted by Gasteiger charge is 2.15. The average molecular weight is 259 g/mol. The molecule has 0 N–H and O–H groups in total. The van der Waals surface area contributed by atoms with Gasteiger partial charge in [0.15, 0.2) is 0 Å². The normalized spacial score (nSPS) is 10.3. The van der Waals surface area contributed by atoms with E-state index in [-0.39, 0.29) is 5.91 Å². The Hall–Kier alpha value is -2.30. The van der Waals surface area contributed by atoms with Crippen molar-refractivity contribution < 1.29 is 9.53 Å². The topological polar surface area (TPSA) is 47.4 Å². The van der Waals surface area contributed by atoms with E-state index in [9.17, 15) is 4.79 Å². The number of benzene rings is 1. The summed E-state index contributed by atoms with van der Waals surface area (Å²) in [6.45, 7) is 0.529. The number of carbonyl (C=O) groups excluding carboxylic acids is 1. The molecule has 0 spiro atoms. The lowest BCUT2D eigenvalue weighted by Crippen LogP contribution is -2.28. The number of hydrogen-bond donors (Lipinski definition) is 0. The Balaban J connectivity index is 2.10. The smallest absolute Gasteiger partial charge is 0.272 e. The fourth-order valence-corrected chi connectivity index (χ4v) is 1.90. The van der Waals surface area contributed by atoms with Crippen molar-refractivity contribution in [3.05, 3.63) is 47.8 Å². The van der Waals surface area contributed by atoms with Crippen LogP contribution in [0.25, 0.3) is 0 Å². The average Bonchev–Trinajstić information content (AvgIpc) is 2.84. The first-order chi connectivity index (χ1) is 9.11. The van der Waals surface area contributed by atoms with Crippen molar-refractivity contribution in [1.82, 2.24) is 14.7 Å². The van der Waals surface area contributed by atoms with E-state index in [0.717, 1.165) is 11.3 Å². The summed E-state index contributed by atoms with van der Waals surface area (Å²) < 4.78 is 6.74. The molecule has 1 amide bonds. The van der Waals surface area contributed by atoms with Gasteiger partial charge in [0.05, 0.1) is 7.11 Å². The van der Waals surface area contributed by atoms with Crippen molar-refractivity contribution in [2.45, 2.75) is 6.54 Å². The number of methoxy groups -OCH3 is 1. The van der Waals surface area contributed by atoms with Gasteiger partial charge in [-0.3, -0.25) is 9.48 Å². The number of nitrogens with zero attached hydrogens (tertiary/aromatic N) is 3. The largest absolute Gasteiger partial charge is 0.497 e. The second-order valence-corrected chi connectivity index (χ2v) is 4.35. The van der Waals surface area contributed by atoms with Crippen LogP contribution < -0.4 is 4.74 Å². The molecular formula is C14H17N3O2. The Kier molecular flexibility index (Phi) is 3.85. The highest BCUT2D eigenvalue weighted by atomic mass is 16.5. The van der Waals surface area contributed by atoms with Gasteiger partial charge in [0.1, 0.15) is 11.4 Å². The number of aryl methyl sites for hydroxylation is 1. The first-order valence-electron chi connectivity index (χ1n) is 5.98. The molecule has 0 atom stereocenters. The molecule has 1 heterocycles. The highest BCUT2D eigenvalue weighted by molar-refractivity contribution is 5.92. The van der Waals surface area contributed by atoms with Gasteiger partial charge >= 0.3 is 0 Å². The van der Waals surface area contributed by atoms with Crippen molar-refractivity contribution in [2.75, 3.05) is 14.2 Å². The minimum Gasteiger partial charge on any atom is -0.497 e. The summed E-state index contributed by atoms with van der Waals surface area (Å²) >= 11 is 0. The van der Waals surface area contributed by atoms with Gasteiger partial charge < -0.3 is 9.64 Å². The van der Waals surface area contributed by atoms with Gasteiger partial charge in [-0.2, -0.15) is 5.10 Å². The Labute approximate surface area is 112 Å². The minimum atomic E-state index is -0.0529. The van der Waals surface area contributed by atoms with Crippen molar-refractivity contribution >= 4 is 5.91 Å². The molecule has 0 saturated heterocycles. The molecule has 2 rings (SSSR count). The van der Waals surface area contributed by atoms with Crippen molar-refractivity contribution in [2.24, 2.45) is 7.05 Å². The number of aromatic nitrogens is 2. The van der Waals surface area contributed by atoms with Gasteiger partial charge in [-0.15, -0.1) is 0 Å². The third-order valence-electron chi connectivity index (χ3n) is 2.94. The molecule has 0 aliphatic rings. The van der Waals surface area contributed by atoms with Crippen LogP contribution in [0, 0.1) is 0 Å². The standard InChI is InChI=1S/C14H17N3O2/c1-16(14(18)13-7-8-15-17(13)2)10-11-5-4-6-12(9-11)19-3/h4-9H,10H2,1-3H3. The number of carbonyl (C=O) groups is 1. The molecule has 5 nitrogen and oxygen atoms in total. The third kappa shape index (κ3) is 2.93. The van der Waals surface area contributed by atoms with Gasteiger partial charge in [-0.05, 0) is 23.8 Å². The van der Waals surface area contributed by atoms with E-state index in [0.29, 0.717) is 12.2 Å². The van der Waals surface area contributed by atoms with Gasteiger partial charge in [-0.25, -0.2) is 0 Å². The second kappa shape index (κ2) is 5.56. The fraction of sp³-hybridized carbons (Fsp3) is 0.286. The van der Waals surface area contributed by atoms with E-state index in [2.05, 4.69) is 5.10 Å². The molecule has 0 unspecified atom stereocenters. The van der Waals surface area contributed by atoms with Crippen LogP contribution in [0.3, 0.4) is 0 Å². The second-order valence-electron chi connectivity index (χ2n) is 4.35. The Bertz CT molecular complexity index is 578. The summed E-state index contributed by atoms with van der Waals surface area (Å²) in [4.78, 5) is 13.9. The summed E-state index contributed by atoms with van der Waals surface area (Å²) in [7, 11) is 5.16. The van der Waals surface area contributed by atoms with Crippen LogP contribution in [0.5, 0.6) is 5.75 Å². The fourth-order valence-electron chi connectivity index (χ4n) is 1.90. The maximum Gasteiger partial charge on any atom is 0.272 e. The van der Waals surface area contributed by atoms with Gasteiger partial charge in [0.2, 0.25) is 0 Å². The molecule has 0 fully saturated rings. The van der Waals surface area contributed by atoms with E-state index in [1.54, 1.807) is 43.1 Å². The summed E-state index contributed by atoms with van der Waals surface area (Å²) in [5.41, 5.74) is 1.60. The first kappa shape index (κ1) is 13.1. The predicted octanol–water partition coefficient (Wildman–Crippen LogP) is 1.70. The van der Waals surface area contributed by atoms with E-state index in [1.807, 2.05) is 24.3 Å². The molecular weight excluding hydrogens is 242 g/mol. The zero-order valence-electron chi connectivity index (χ0n) is 11.3. The van der Waals surface area contributed by atoms with Gasteiger partial charge in [0, 0.05) is 26.8 Å². The van der Waals surface area contributed by atoms with Gasteiger partial charge in [-0.1, -0.05) is 12.1 Å². The number of amides is 1. The lowest BCUT2D eigenvalue weighted by Gasteiger charge is -2.17. The van der Waals surface area contributed by atoms with Crippen LogP contribution in [0.2, 0.25) is 0 Å². The molecule has 0 aliphatic heterocycles. The van der Waals surface area contributed by atoms with Crippen LogP contribution in [-0.2, 0) is 13.6 Å². The zero-order chi connectivity index (χ0) is 13.8. The monoisotopic (exact) mass is 259 g/mol. The predicted molar refractivity (Wildman–Crippen MR) is 72.0 cm³/mol. The maximum atomic E-state index is 12.2. The van der Waals surface area contributed by atoms with Crippen LogP contribution in [0.15, 0.2) is 36.5 Å². The summed E-state index contributed by atoms with van der Waals surface area (Å²) in [6.07, 6.45) is 1.62. The molecule has 0 aliphatic carbocycles. The molecule has 1 aromatic heterocycles. The highest BCUT2D eigenvalue weighted by Crippen LogP contribution is 2.14. The van der Waals surface area contributed by atoms with Gasteiger partial charge in [0.25, 0.3) is 5.91 Å². The SMILES string of the molecule is COc1cccc(CN(C)C(=O)c2ccnn2C)c1. The molecule has 0 saturated carbocycles. The molecule has 100 valence electrons. The quantitative estimate of drug-likeness (QED) is 0.839. The van der Waals surface area contributed by atoms with E-state index < -0.39 is 0 Å². The lowest BCUT2D eigenvalue weighted by molar-refractivity contribution is 0.0774. The Morgan fingerprint density at radius 3 is 2.84 bits per heavy atom. The number of hydrogen-bond acceptors (Lipinski definition) is 3. The van der Waals surface area contributed by atoms with Crippen molar-refractivity contribution in [1.29, 1.82) is 0 Å². The molecule has 2 aromatic rings. The summed E-state index contributed by atoms with van der Waals surface area (Å²) in [5.74, 6) is 0.738. The first-order valence-corrected chi connectivity index (χ1v) is 5.98. The van der Waals surface area contributed by atoms with Crippen LogP contribution >= 0.6 is 0 Å². The number of rotatable bonds is 4. The van der Waals surface area contributed by atoms with Crippen LogP contribution in [-0.4, -0.2) is 34.7 Å². The summed E-state index contributed by atoms with van der Waals surface area (Å²) in [6, 6.07) is 9.40. The molecule has 0 radical (unpaired) electrons. The van der Waals surface area contributed by atoms with E-state index in [4.69, 9.17) is 4.74 Å². The number of ether oxygens (including phenoxy) is 1. The Morgan fingerprint density at radius 2 is 2.21 bits per heavy atom. The Morgan fingerprint density at radius 1 is 1.42 bits per heavy atom. The lowest BCUT2D eigenvalue weighted by atomic mass is 10.2. The minimum absolute atomic E-state index is 0.0529. The van der Waals surface area contributed by atoms with Crippen LogP contribution in [0.1, 0.15) is 16.1 Å². The molecule has 1 aromatic carbocycles. The molecule has 0 bridgehead atoms. The zero-order valence-corrected chi connectivity index (χ0v) is 11.3. The van der Waals surface area contributed by atoms with Crippen LogP contribution in [0.4, 0.5) is 0 Å². The van der Waals surface area contributed by atoms with Crippen molar-refractivity contribution in [3.63, 3.8) is 0 Å². The maximum absolute atomic E-state index is 12.2. The van der Waals surface area contributed by atoms with E-state index in [1.165, 1.54) is 0 Å². The van der Waals surface area contributed by atoms with Crippen molar-refractivity contribution in [3.8, 4) is 5.75 Å². The van der Waals surface area contributed by atoms with E-state index >= 15 is 0 Å².